The van der Waals surface area contributed by atoms with Gasteiger partial charge in [0.1, 0.15) is 0 Å². The predicted octanol–water partition coefficient (Wildman–Crippen LogP) is 2.77. The van der Waals surface area contributed by atoms with E-state index < -0.39 is 0 Å². The number of hydrogen-bond acceptors (Lipinski definition) is 0. The maximum atomic E-state index is 2.34. The molecule has 2 heteroatoms. The minimum absolute atomic E-state index is 0. The molecule has 0 saturated heterocycles. The largest absolute Gasteiger partial charge is 0.0805 e. The normalized spacial score (nSPS) is 18.8. The van der Waals surface area contributed by atoms with Crippen molar-refractivity contribution >= 4 is 39.1 Å². The Morgan fingerprint density at radius 1 is 1.13 bits per heavy atom. The zero-order valence-corrected chi connectivity index (χ0v) is 13.3. The van der Waals surface area contributed by atoms with E-state index in [0.29, 0.717) is 0 Å². The minimum atomic E-state index is 0. The fraction of sp³-hybridized carbons (Fsp3) is 0.385. The molecule has 0 bridgehead atoms. The fourth-order valence-electron chi connectivity index (χ4n) is 2.34. The maximum absolute atomic E-state index is 2.34. The molecule has 0 aliphatic heterocycles. The summed E-state index contributed by atoms with van der Waals surface area (Å²) in [5.41, 5.74) is 4.20. The molecule has 0 fully saturated rings. The molecular weight excluding hydrogens is 207 g/mol. The predicted molar refractivity (Wildman–Crippen MR) is 72.2 cm³/mol. The standard InChI is InChI=1S/C13H18Si.Na/c1-2-14-13(11-7-3-4-8-11)12-9-5-6-10-12;/h3-7,9,13H,2,8,10,14H2,1H3;. The molecule has 0 heterocycles. The van der Waals surface area contributed by atoms with Crippen molar-refractivity contribution in [2.45, 2.75) is 31.4 Å². The van der Waals surface area contributed by atoms with Crippen LogP contribution in [0, 0.1) is 0 Å². The number of rotatable bonds is 4. The molecule has 0 aromatic heterocycles. The van der Waals surface area contributed by atoms with E-state index in [9.17, 15) is 0 Å². The van der Waals surface area contributed by atoms with Gasteiger partial charge in [0.15, 0.2) is 0 Å². The van der Waals surface area contributed by atoms with Crippen LogP contribution in [0.4, 0.5) is 0 Å². The Labute approximate surface area is 117 Å². The van der Waals surface area contributed by atoms with Gasteiger partial charge in [-0.05, 0) is 18.4 Å². The van der Waals surface area contributed by atoms with Crippen LogP contribution in [0.5, 0.6) is 0 Å². The van der Waals surface area contributed by atoms with E-state index >= 15 is 0 Å². The molecule has 15 heavy (non-hydrogen) atoms. The molecule has 1 radical (unpaired) electrons. The van der Waals surface area contributed by atoms with Crippen molar-refractivity contribution in [3.63, 3.8) is 0 Å². The molecule has 2 aliphatic carbocycles. The topological polar surface area (TPSA) is 0 Å². The van der Waals surface area contributed by atoms with E-state index in [2.05, 4.69) is 43.4 Å². The minimum Gasteiger partial charge on any atom is -0.0805 e. The first kappa shape index (κ1) is 13.2. The quantitative estimate of drug-likeness (QED) is 0.645. The Morgan fingerprint density at radius 2 is 1.67 bits per heavy atom. The SMILES string of the molecule is CC[SiH2]C(C1=CC=CC1)C1=CC=CC1.[Na]. The molecule has 2 aliphatic rings. The van der Waals surface area contributed by atoms with Crippen LogP contribution in [0.15, 0.2) is 47.6 Å². The summed E-state index contributed by atoms with van der Waals surface area (Å²) in [6.45, 7) is 2.34. The first-order valence-corrected chi connectivity index (χ1v) is 7.44. The van der Waals surface area contributed by atoms with Crippen molar-refractivity contribution in [2.75, 3.05) is 0 Å². The summed E-state index contributed by atoms with van der Waals surface area (Å²) in [7, 11) is 0.0603. The molecule has 0 unspecified atom stereocenters. The second-order valence-corrected chi connectivity index (χ2v) is 6.48. The Balaban J connectivity index is 0.00000112. The van der Waals surface area contributed by atoms with Gasteiger partial charge in [0.2, 0.25) is 0 Å². The second-order valence-electron chi connectivity index (χ2n) is 4.09. The average molecular weight is 225 g/mol. The van der Waals surface area contributed by atoms with E-state index in [-0.39, 0.29) is 39.1 Å². The van der Waals surface area contributed by atoms with Crippen molar-refractivity contribution in [2.24, 2.45) is 0 Å². The van der Waals surface area contributed by atoms with Crippen molar-refractivity contribution in [1.29, 1.82) is 0 Å². The van der Waals surface area contributed by atoms with Gasteiger partial charge >= 0.3 is 0 Å². The molecular formula is C13H18NaSi. The van der Waals surface area contributed by atoms with Crippen LogP contribution < -0.4 is 0 Å². The molecule has 0 aromatic rings. The molecule has 0 atom stereocenters. The van der Waals surface area contributed by atoms with Crippen molar-refractivity contribution in [3.8, 4) is 0 Å². The molecule has 0 saturated carbocycles. The van der Waals surface area contributed by atoms with Crippen molar-refractivity contribution < 1.29 is 0 Å². The summed E-state index contributed by atoms with van der Waals surface area (Å²) in [5, 5.41) is 0. The zero-order valence-electron chi connectivity index (χ0n) is 9.87. The van der Waals surface area contributed by atoms with Crippen LogP contribution >= 0.6 is 0 Å². The van der Waals surface area contributed by atoms with Crippen LogP contribution in [0.3, 0.4) is 0 Å². The average Bonchev–Trinajstić information content (AvgIpc) is 2.87. The van der Waals surface area contributed by atoms with Crippen LogP contribution in [0.25, 0.3) is 0 Å². The second kappa shape index (κ2) is 6.69. The first-order chi connectivity index (χ1) is 6.92. The van der Waals surface area contributed by atoms with Gasteiger partial charge in [-0.15, -0.1) is 0 Å². The van der Waals surface area contributed by atoms with Gasteiger partial charge in [0.25, 0.3) is 0 Å². The van der Waals surface area contributed by atoms with Crippen LogP contribution in [0.1, 0.15) is 19.8 Å². The molecule has 2 rings (SSSR count). The number of hydrogen-bond donors (Lipinski definition) is 0. The summed E-state index contributed by atoms with van der Waals surface area (Å²) in [4.78, 5) is 0. The van der Waals surface area contributed by atoms with E-state index in [1.54, 1.807) is 11.1 Å². The van der Waals surface area contributed by atoms with E-state index in [1.807, 2.05) is 0 Å². The van der Waals surface area contributed by atoms with Crippen molar-refractivity contribution in [3.05, 3.63) is 47.6 Å². The molecule has 0 aromatic carbocycles. The summed E-state index contributed by atoms with van der Waals surface area (Å²) in [5.74, 6) is 0. The molecule has 0 spiro atoms. The monoisotopic (exact) mass is 225 g/mol. The van der Waals surface area contributed by atoms with Crippen molar-refractivity contribution in [1.82, 2.24) is 0 Å². The van der Waals surface area contributed by atoms with E-state index in [0.717, 1.165) is 5.54 Å². The van der Waals surface area contributed by atoms with Gasteiger partial charge in [-0.2, -0.15) is 0 Å². The Hall–Kier alpha value is 0.177. The van der Waals surface area contributed by atoms with Crippen LogP contribution in [0.2, 0.25) is 11.6 Å². The summed E-state index contributed by atoms with van der Waals surface area (Å²) < 4.78 is 0. The summed E-state index contributed by atoms with van der Waals surface area (Å²) in [6, 6.07) is 1.42. The third kappa shape index (κ3) is 3.32. The van der Waals surface area contributed by atoms with E-state index in [1.165, 1.54) is 18.9 Å². The molecule has 0 N–H and O–H groups in total. The smallest absolute Gasteiger partial charge is 0.0332 e. The molecule has 0 amide bonds. The fourth-order valence-corrected chi connectivity index (χ4v) is 4.27. The van der Waals surface area contributed by atoms with Gasteiger partial charge < -0.3 is 0 Å². The van der Waals surface area contributed by atoms with Crippen LogP contribution in [-0.4, -0.2) is 39.1 Å². The van der Waals surface area contributed by atoms with Crippen LogP contribution in [-0.2, 0) is 0 Å². The maximum Gasteiger partial charge on any atom is 0.0332 e. The van der Waals surface area contributed by atoms with Gasteiger partial charge in [-0.3, -0.25) is 0 Å². The summed E-state index contributed by atoms with van der Waals surface area (Å²) >= 11 is 0. The Bertz CT molecular complexity index is 293. The van der Waals surface area contributed by atoms with E-state index in [4.69, 9.17) is 0 Å². The van der Waals surface area contributed by atoms with Gasteiger partial charge in [-0.25, -0.2) is 0 Å². The Morgan fingerprint density at radius 3 is 2.00 bits per heavy atom. The molecule has 75 valence electrons. The summed E-state index contributed by atoms with van der Waals surface area (Å²) in [6.07, 6.45) is 16.1. The van der Waals surface area contributed by atoms with Gasteiger partial charge in [0, 0.05) is 39.1 Å². The Kier molecular flexibility index (Phi) is 5.91. The number of allylic oxidation sites excluding steroid dienone is 8. The third-order valence-corrected chi connectivity index (χ3v) is 5.28. The van der Waals surface area contributed by atoms with Gasteiger partial charge in [-0.1, -0.05) is 60.6 Å². The molecule has 0 nitrogen and oxygen atoms in total. The third-order valence-electron chi connectivity index (χ3n) is 3.07. The van der Waals surface area contributed by atoms with Gasteiger partial charge in [0.05, 0.1) is 0 Å². The first-order valence-electron chi connectivity index (χ1n) is 5.63. The zero-order chi connectivity index (χ0) is 9.80.